The Balaban J connectivity index is 2.53. The van der Waals surface area contributed by atoms with Gasteiger partial charge < -0.3 is 5.73 Å². The Morgan fingerprint density at radius 1 is 1.14 bits per heavy atom. The molecule has 0 saturated carbocycles. The van der Waals surface area contributed by atoms with Crippen molar-refractivity contribution in [1.82, 2.24) is 10.3 Å². The first-order chi connectivity index (χ1) is 6.68. The van der Waals surface area contributed by atoms with Gasteiger partial charge in [-0.05, 0) is 22.4 Å². The summed E-state index contributed by atoms with van der Waals surface area (Å²) in [6, 6.07) is 5.05. The van der Waals surface area contributed by atoms with Gasteiger partial charge >= 0.3 is 0 Å². The number of benzene rings is 1. The molecule has 0 unspecified atom stereocenters. The van der Waals surface area contributed by atoms with E-state index in [1.807, 2.05) is 0 Å². The average Bonchev–Trinajstić information content (AvgIpc) is 2.57. The fourth-order valence-electron chi connectivity index (χ4n) is 1.04. The molecule has 72 valence electrons. The molecular weight excluding hydrogens is 225 g/mol. The Morgan fingerprint density at radius 2 is 1.93 bits per heavy atom. The minimum atomic E-state index is 0.225. The molecule has 2 N–H and O–H groups in total. The fourth-order valence-corrected chi connectivity index (χ4v) is 1.34. The van der Waals surface area contributed by atoms with Crippen LogP contribution in [-0.2, 0) is 0 Å². The van der Waals surface area contributed by atoms with Crippen molar-refractivity contribution in [3.05, 3.63) is 28.2 Å². The summed E-state index contributed by atoms with van der Waals surface area (Å²) >= 11 is 11.6. The minimum Gasteiger partial charge on any atom is -0.379 e. The zero-order valence-electron chi connectivity index (χ0n) is 6.87. The summed E-state index contributed by atoms with van der Waals surface area (Å²) in [5.41, 5.74) is 6.70. The lowest BCUT2D eigenvalue weighted by Gasteiger charge is -1.98. The third-order valence-corrected chi connectivity index (χ3v) is 2.45. The van der Waals surface area contributed by atoms with Crippen molar-refractivity contribution in [3.63, 3.8) is 0 Å². The molecule has 14 heavy (non-hydrogen) atoms. The number of halogens is 2. The summed E-state index contributed by atoms with van der Waals surface area (Å²) < 4.78 is 4.47. The van der Waals surface area contributed by atoms with Gasteiger partial charge in [-0.2, -0.15) is 0 Å². The van der Waals surface area contributed by atoms with Gasteiger partial charge in [0.1, 0.15) is 0 Å². The minimum absolute atomic E-state index is 0.225. The molecule has 1 heterocycles. The number of hydrogen-bond donors (Lipinski definition) is 1. The van der Waals surface area contributed by atoms with E-state index in [1.165, 1.54) is 0 Å². The van der Waals surface area contributed by atoms with E-state index in [2.05, 4.69) is 14.9 Å². The second-order valence-electron chi connectivity index (χ2n) is 2.63. The number of anilines is 1. The monoisotopic (exact) mass is 229 g/mol. The zero-order valence-corrected chi connectivity index (χ0v) is 8.38. The number of nitrogens with zero attached hydrogens (tertiary/aromatic N) is 2. The number of rotatable bonds is 1. The van der Waals surface area contributed by atoms with Crippen molar-refractivity contribution in [2.75, 3.05) is 5.73 Å². The maximum atomic E-state index is 5.83. The van der Waals surface area contributed by atoms with Crippen molar-refractivity contribution in [2.45, 2.75) is 0 Å². The maximum Gasteiger partial charge on any atom is 0.196 e. The maximum absolute atomic E-state index is 5.83. The lowest BCUT2D eigenvalue weighted by Crippen LogP contribution is -1.88. The van der Waals surface area contributed by atoms with Gasteiger partial charge in [0, 0.05) is 5.56 Å². The Hall–Kier alpha value is -1.26. The summed E-state index contributed by atoms with van der Waals surface area (Å²) in [5.74, 6) is 0.225. The van der Waals surface area contributed by atoms with Crippen LogP contribution in [0.3, 0.4) is 0 Å². The van der Waals surface area contributed by atoms with Crippen molar-refractivity contribution in [3.8, 4) is 11.3 Å². The van der Waals surface area contributed by atoms with Crippen LogP contribution < -0.4 is 5.73 Å². The summed E-state index contributed by atoms with van der Waals surface area (Å²) in [7, 11) is 0. The molecule has 2 rings (SSSR count). The van der Waals surface area contributed by atoms with Crippen LogP contribution in [0.1, 0.15) is 0 Å². The van der Waals surface area contributed by atoms with E-state index in [1.54, 1.807) is 18.2 Å². The van der Waals surface area contributed by atoms with Crippen LogP contribution in [0.25, 0.3) is 11.3 Å². The third kappa shape index (κ3) is 1.54. The molecule has 0 aliphatic carbocycles. The summed E-state index contributed by atoms with van der Waals surface area (Å²) in [6.07, 6.45) is 0. The predicted molar refractivity (Wildman–Crippen MR) is 54.2 cm³/mol. The first kappa shape index (κ1) is 9.30. The zero-order chi connectivity index (χ0) is 10.1. The van der Waals surface area contributed by atoms with Crippen LogP contribution in [0, 0.1) is 0 Å². The van der Waals surface area contributed by atoms with Gasteiger partial charge in [-0.3, -0.25) is 0 Å². The molecule has 0 aliphatic rings. The summed E-state index contributed by atoms with van der Waals surface area (Å²) in [5, 5.41) is 8.02. The molecule has 1 aromatic carbocycles. The van der Waals surface area contributed by atoms with Crippen LogP contribution >= 0.6 is 23.2 Å². The highest BCUT2D eigenvalue weighted by Gasteiger charge is 2.10. The van der Waals surface area contributed by atoms with E-state index in [0.29, 0.717) is 15.7 Å². The molecule has 0 radical (unpaired) electrons. The van der Waals surface area contributed by atoms with Crippen LogP contribution in [0.4, 0.5) is 5.82 Å². The van der Waals surface area contributed by atoms with Gasteiger partial charge in [-0.15, -0.1) is 0 Å². The van der Waals surface area contributed by atoms with Gasteiger partial charge in [-0.25, -0.2) is 4.63 Å². The molecule has 0 bridgehead atoms. The number of hydrogen-bond acceptors (Lipinski definition) is 4. The first-order valence-electron chi connectivity index (χ1n) is 3.72. The van der Waals surface area contributed by atoms with Crippen molar-refractivity contribution < 1.29 is 4.63 Å². The van der Waals surface area contributed by atoms with Gasteiger partial charge in [-0.1, -0.05) is 29.3 Å². The Kier molecular flexibility index (Phi) is 2.31. The standard InChI is InChI=1S/C8H5Cl2N3O/c9-5-2-1-4(3-6(5)10)7-8(11)13-14-12-7/h1-3H,(H2,11,13). The third-order valence-electron chi connectivity index (χ3n) is 1.71. The second kappa shape index (κ2) is 3.48. The van der Waals surface area contributed by atoms with E-state index in [9.17, 15) is 0 Å². The van der Waals surface area contributed by atoms with Crippen LogP contribution in [-0.4, -0.2) is 10.3 Å². The second-order valence-corrected chi connectivity index (χ2v) is 3.44. The normalized spacial score (nSPS) is 10.4. The average molecular weight is 230 g/mol. The van der Waals surface area contributed by atoms with Crippen LogP contribution in [0.15, 0.2) is 22.8 Å². The molecule has 0 atom stereocenters. The van der Waals surface area contributed by atoms with E-state index >= 15 is 0 Å². The molecule has 0 amide bonds. The van der Waals surface area contributed by atoms with Gasteiger partial charge in [0.2, 0.25) is 0 Å². The molecule has 6 heteroatoms. The lowest BCUT2D eigenvalue weighted by atomic mass is 10.1. The predicted octanol–water partition coefficient (Wildman–Crippen LogP) is 2.63. The molecule has 2 aromatic rings. The lowest BCUT2D eigenvalue weighted by molar-refractivity contribution is 0.310. The first-order valence-corrected chi connectivity index (χ1v) is 4.47. The highest BCUT2D eigenvalue weighted by Crippen LogP contribution is 2.29. The van der Waals surface area contributed by atoms with Crippen LogP contribution in [0.2, 0.25) is 10.0 Å². The summed E-state index contributed by atoms with van der Waals surface area (Å²) in [4.78, 5) is 0. The van der Waals surface area contributed by atoms with Crippen molar-refractivity contribution in [1.29, 1.82) is 0 Å². The quantitative estimate of drug-likeness (QED) is 0.817. The molecule has 0 spiro atoms. The Morgan fingerprint density at radius 3 is 2.50 bits per heavy atom. The number of nitrogen functional groups attached to an aromatic ring is 1. The topological polar surface area (TPSA) is 64.9 Å². The molecule has 0 fully saturated rings. The Bertz CT molecular complexity index is 469. The summed E-state index contributed by atoms with van der Waals surface area (Å²) in [6.45, 7) is 0. The van der Waals surface area contributed by atoms with E-state index in [-0.39, 0.29) is 5.82 Å². The fraction of sp³-hybridized carbons (Fsp3) is 0. The largest absolute Gasteiger partial charge is 0.379 e. The van der Waals surface area contributed by atoms with Crippen molar-refractivity contribution >= 4 is 29.0 Å². The molecule has 0 saturated heterocycles. The molecule has 1 aromatic heterocycles. The van der Waals surface area contributed by atoms with E-state index < -0.39 is 0 Å². The van der Waals surface area contributed by atoms with E-state index in [0.717, 1.165) is 5.56 Å². The molecular formula is C8H5Cl2N3O. The van der Waals surface area contributed by atoms with E-state index in [4.69, 9.17) is 28.9 Å². The SMILES string of the molecule is Nc1nonc1-c1ccc(Cl)c(Cl)c1. The van der Waals surface area contributed by atoms with Gasteiger partial charge in [0.15, 0.2) is 11.5 Å². The molecule has 0 aliphatic heterocycles. The van der Waals surface area contributed by atoms with Gasteiger partial charge in [0.25, 0.3) is 0 Å². The number of aromatic nitrogens is 2. The highest BCUT2D eigenvalue weighted by molar-refractivity contribution is 6.42. The number of nitrogens with two attached hydrogens (primary N) is 1. The Labute approximate surface area is 89.6 Å². The smallest absolute Gasteiger partial charge is 0.196 e. The van der Waals surface area contributed by atoms with Crippen molar-refractivity contribution in [2.24, 2.45) is 0 Å². The molecule has 4 nitrogen and oxygen atoms in total. The van der Waals surface area contributed by atoms with Crippen LogP contribution in [0.5, 0.6) is 0 Å². The highest BCUT2D eigenvalue weighted by atomic mass is 35.5. The van der Waals surface area contributed by atoms with Gasteiger partial charge in [0.05, 0.1) is 10.0 Å².